The van der Waals surface area contributed by atoms with Crippen LogP contribution in [-0.4, -0.2) is 44.1 Å². The molecule has 7 nitrogen and oxygen atoms in total. The minimum absolute atomic E-state index is 0.102. The molecule has 0 radical (unpaired) electrons. The average molecular weight is 349 g/mol. The van der Waals surface area contributed by atoms with Gasteiger partial charge in [-0.1, -0.05) is 0 Å². The number of pyridine rings is 1. The molecule has 1 fully saturated rings. The molecule has 130 valence electrons. The lowest BCUT2D eigenvalue weighted by Gasteiger charge is -2.18. The number of nitrogens with one attached hydrogen (secondary N) is 2. The van der Waals surface area contributed by atoms with Gasteiger partial charge in [-0.05, 0) is 18.6 Å². The molecule has 0 unspecified atom stereocenters. The number of aromatic nitrogens is 5. The number of halogens is 3. The van der Waals surface area contributed by atoms with E-state index in [9.17, 15) is 13.2 Å². The maximum Gasteiger partial charge on any atom is 0.417 e. The van der Waals surface area contributed by atoms with Crippen LogP contribution in [0.1, 0.15) is 12.0 Å². The lowest BCUT2D eigenvalue weighted by Crippen LogP contribution is -2.27. The maximum absolute atomic E-state index is 12.6. The van der Waals surface area contributed by atoms with Crippen molar-refractivity contribution in [2.45, 2.75) is 18.6 Å². The summed E-state index contributed by atoms with van der Waals surface area (Å²) in [6.45, 7) is 1.32. The SMILES string of the molecule is FC(F)(F)c1ccc(N2CC[C@H](Nc3ncnc4nc[nH]c34)C2)nc1. The second-order valence-corrected chi connectivity index (χ2v) is 5.80. The largest absolute Gasteiger partial charge is 0.417 e. The molecule has 4 rings (SSSR count). The third-order valence-electron chi connectivity index (χ3n) is 4.15. The maximum atomic E-state index is 12.6. The van der Waals surface area contributed by atoms with E-state index in [1.54, 1.807) is 6.33 Å². The quantitative estimate of drug-likeness (QED) is 0.756. The van der Waals surface area contributed by atoms with E-state index in [1.165, 1.54) is 12.4 Å². The summed E-state index contributed by atoms with van der Waals surface area (Å²) in [7, 11) is 0. The number of fused-ring (bicyclic) bond motifs is 1. The highest BCUT2D eigenvalue weighted by Crippen LogP contribution is 2.30. The number of nitrogens with zero attached hydrogens (tertiary/aromatic N) is 5. The van der Waals surface area contributed by atoms with Crippen LogP contribution in [0, 0.1) is 0 Å². The first-order valence-electron chi connectivity index (χ1n) is 7.69. The van der Waals surface area contributed by atoms with Crippen molar-refractivity contribution in [2.75, 3.05) is 23.3 Å². The predicted octanol–water partition coefficient (Wildman–Crippen LogP) is 2.46. The standard InChI is InChI=1S/C15H14F3N7/c16-15(17,18)9-1-2-11(19-5-9)25-4-3-10(6-25)24-14-12-13(21-7-20-12)22-8-23-14/h1-2,5,7-8,10H,3-4,6H2,(H2,20,21,22,23,24)/t10-/m0/s1. The molecule has 1 atom stereocenters. The monoisotopic (exact) mass is 349 g/mol. The molecule has 1 aliphatic rings. The van der Waals surface area contributed by atoms with E-state index < -0.39 is 11.7 Å². The van der Waals surface area contributed by atoms with Crippen LogP contribution in [0.25, 0.3) is 11.2 Å². The van der Waals surface area contributed by atoms with E-state index in [1.807, 2.05) is 4.90 Å². The molecule has 0 aromatic carbocycles. The molecule has 4 heterocycles. The molecule has 1 aliphatic heterocycles. The van der Waals surface area contributed by atoms with Gasteiger partial charge in [-0.15, -0.1) is 0 Å². The van der Waals surface area contributed by atoms with Gasteiger partial charge in [0.25, 0.3) is 0 Å². The van der Waals surface area contributed by atoms with Crippen LogP contribution >= 0.6 is 0 Å². The van der Waals surface area contributed by atoms with E-state index in [0.717, 1.165) is 24.2 Å². The Kier molecular flexibility index (Phi) is 3.66. The molecule has 3 aromatic rings. The summed E-state index contributed by atoms with van der Waals surface area (Å²) in [6.07, 6.45) is 0.313. The lowest BCUT2D eigenvalue weighted by molar-refractivity contribution is -0.137. The van der Waals surface area contributed by atoms with Crippen molar-refractivity contribution in [3.8, 4) is 0 Å². The highest BCUT2D eigenvalue weighted by molar-refractivity contribution is 5.82. The van der Waals surface area contributed by atoms with Crippen LogP contribution in [-0.2, 0) is 6.18 Å². The van der Waals surface area contributed by atoms with Gasteiger partial charge in [0.05, 0.1) is 11.9 Å². The zero-order valence-corrected chi connectivity index (χ0v) is 13.0. The molecule has 2 N–H and O–H groups in total. The molecule has 3 aromatic heterocycles. The third-order valence-corrected chi connectivity index (χ3v) is 4.15. The normalized spacial score (nSPS) is 18.0. The molecule has 0 amide bonds. The Morgan fingerprint density at radius 1 is 1.16 bits per heavy atom. The van der Waals surface area contributed by atoms with E-state index in [-0.39, 0.29) is 6.04 Å². The van der Waals surface area contributed by atoms with Crippen molar-refractivity contribution >= 4 is 22.8 Å². The number of hydrogen-bond acceptors (Lipinski definition) is 6. The Labute approximate surface area is 140 Å². The summed E-state index contributed by atoms with van der Waals surface area (Å²) >= 11 is 0. The van der Waals surface area contributed by atoms with Crippen molar-refractivity contribution in [1.29, 1.82) is 0 Å². The summed E-state index contributed by atoms with van der Waals surface area (Å²) in [4.78, 5) is 21.3. The minimum Gasteiger partial charge on any atom is -0.364 e. The molecule has 0 aliphatic carbocycles. The van der Waals surface area contributed by atoms with Gasteiger partial charge in [-0.2, -0.15) is 13.2 Å². The first kappa shape index (κ1) is 15.6. The summed E-state index contributed by atoms with van der Waals surface area (Å²) in [5.74, 6) is 1.20. The van der Waals surface area contributed by atoms with Gasteiger partial charge in [0.2, 0.25) is 0 Å². The van der Waals surface area contributed by atoms with Crippen LogP contribution < -0.4 is 10.2 Å². The number of rotatable bonds is 3. The Morgan fingerprint density at radius 2 is 2.04 bits per heavy atom. The molecular formula is C15H14F3N7. The summed E-state index contributed by atoms with van der Waals surface area (Å²) < 4.78 is 37.9. The molecule has 25 heavy (non-hydrogen) atoms. The molecular weight excluding hydrogens is 335 g/mol. The van der Waals surface area contributed by atoms with Gasteiger partial charge in [0.1, 0.15) is 17.7 Å². The zero-order valence-electron chi connectivity index (χ0n) is 13.0. The number of anilines is 2. The van der Waals surface area contributed by atoms with E-state index >= 15 is 0 Å². The number of H-pyrrole nitrogens is 1. The molecule has 1 saturated heterocycles. The van der Waals surface area contributed by atoms with Crippen molar-refractivity contribution in [3.05, 3.63) is 36.5 Å². The Balaban J connectivity index is 1.45. The Bertz CT molecular complexity index is 875. The van der Waals surface area contributed by atoms with Crippen molar-refractivity contribution < 1.29 is 13.2 Å². The van der Waals surface area contributed by atoms with Gasteiger partial charge in [0.15, 0.2) is 11.5 Å². The van der Waals surface area contributed by atoms with Gasteiger partial charge < -0.3 is 15.2 Å². The van der Waals surface area contributed by atoms with Crippen LogP contribution in [0.2, 0.25) is 0 Å². The fraction of sp³-hybridized carbons (Fsp3) is 0.333. The fourth-order valence-corrected chi connectivity index (χ4v) is 2.89. The Hall–Kier alpha value is -2.91. The Morgan fingerprint density at radius 3 is 2.80 bits per heavy atom. The van der Waals surface area contributed by atoms with Crippen molar-refractivity contribution in [2.24, 2.45) is 0 Å². The topological polar surface area (TPSA) is 82.6 Å². The third kappa shape index (κ3) is 3.06. The van der Waals surface area contributed by atoms with Crippen molar-refractivity contribution in [3.63, 3.8) is 0 Å². The number of imidazole rings is 1. The molecule has 0 bridgehead atoms. The predicted molar refractivity (Wildman–Crippen MR) is 85.2 cm³/mol. The summed E-state index contributed by atoms with van der Waals surface area (Å²) in [6, 6.07) is 2.57. The van der Waals surface area contributed by atoms with Gasteiger partial charge in [-0.25, -0.2) is 19.9 Å². The molecule has 10 heteroatoms. The second-order valence-electron chi connectivity index (χ2n) is 5.80. The lowest BCUT2D eigenvalue weighted by atomic mass is 10.2. The van der Waals surface area contributed by atoms with Crippen LogP contribution in [0.4, 0.5) is 24.8 Å². The average Bonchev–Trinajstić information content (AvgIpc) is 3.24. The highest BCUT2D eigenvalue weighted by atomic mass is 19.4. The van der Waals surface area contributed by atoms with E-state index in [0.29, 0.717) is 30.4 Å². The first-order chi connectivity index (χ1) is 12.0. The van der Waals surface area contributed by atoms with Crippen LogP contribution in [0.5, 0.6) is 0 Å². The van der Waals surface area contributed by atoms with Crippen LogP contribution in [0.3, 0.4) is 0 Å². The fourth-order valence-electron chi connectivity index (χ4n) is 2.89. The number of alkyl halides is 3. The zero-order chi connectivity index (χ0) is 17.4. The summed E-state index contributed by atoms with van der Waals surface area (Å²) in [5.41, 5.74) is 0.568. The first-order valence-corrected chi connectivity index (χ1v) is 7.69. The minimum atomic E-state index is -4.37. The van der Waals surface area contributed by atoms with Crippen LogP contribution in [0.15, 0.2) is 31.0 Å². The van der Waals surface area contributed by atoms with Gasteiger partial charge in [-0.3, -0.25) is 0 Å². The smallest absolute Gasteiger partial charge is 0.364 e. The number of hydrogen-bond donors (Lipinski definition) is 2. The number of aromatic amines is 1. The van der Waals surface area contributed by atoms with Crippen molar-refractivity contribution in [1.82, 2.24) is 24.9 Å². The second kappa shape index (κ2) is 5.87. The molecule has 0 spiro atoms. The summed E-state index contributed by atoms with van der Waals surface area (Å²) in [5, 5.41) is 3.33. The van der Waals surface area contributed by atoms with E-state index in [4.69, 9.17) is 0 Å². The molecule has 0 saturated carbocycles. The highest BCUT2D eigenvalue weighted by Gasteiger charge is 2.31. The van der Waals surface area contributed by atoms with Gasteiger partial charge >= 0.3 is 6.18 Å². The van der Waals surface area contributed by atoms with Gasteiger partial charge in [0, 0.05) is 25.3 Å². The van der Waals surface area contributed by atoms with E-state index in [2.05, 4.69) is 30.2 Å².